The van der Waals surface area contributed by atoms with Crippen molar-refractivity contribution in [2.45, 2.75) is 6.54 Å². The smallest absolute Gasteiger partial charge is 0.296 e. The largest absolute Gasteiger partial charge is 0.497 e. The number of benzene rings is 2. The van der Waals surface area contributed by atoms with Crippen molar-refractivity contribution in [3.63, 3.8) is 0 Å². The number of methoxy groups -OCH3 is 1. The van der Waals surface area contributed by atoms with Gasteiger partial charge in [-0.25, -0.2) is 4.68 Å². The van der Waals surface area contributed by atoms with Gasteiger partial charge >= 0.3 is 0 Å². The van der Waals surface area contributed by atoms with Crippen LogP contribution in [-0.2, 0) is 6.54 Å². The standard InChI is InChI=1S/C18H17N5O5/c1-28-13-8-6-12(7-9-13)16-17(18(25)22(21-16)10-11-24)20-19-14-4-2-3-5-15(14)23(26)27/h2-9,21,24H,10-11H2,1H3. The van der Waals surface area contributed by atoms with Crippen molar-refractivity contribution in [2.24, 2.45) is 10.2 Å². The third-order valence-electron chi connectivity index (χ3n) is 3.97. The number of hydrogen-bond donors (Lipinski definition) is 2. The molecule has 3 rings (SSSR count). The van der Waals surface area contributed by atoms with E-state index in [4.69, 9.17) is 9.84 Å². The molecule has 0 amide bonds. The monoisotopic (exact) mass is 383 g/mol. The van der Waals surface area contributed by atoms with Crippen LogP contribution in [0.5, 0.6) is 5.75 Å². The molecule has 0 fully saturated rings. The zero-order valence-corrected chi connectivity index (χ0v) is 14.9. The SMILES string of the molecule is COc1ccc(-c2[nH]n(CCO)c(=O)c2N=Nc2ccccc2[N+](=O)[O-])cc1. The number of nitro groups is 1. The lowest BCUT2D eigenvalue weighted by molar-refractivity contribution is -0.384. The van der Waals surface area contributed by atoms with Crippen molar-refractivity contribution in [3.05, 3.63) is 69.0 Å². The van der Waals surface area contributed by atoms with E-state index in [1.807, 2.05) is 0 Å². The Morgan fingerprint density at radius 1 is 1.18 bits per heavy atom. The molecule has 0 saturated heterocycles. The minimum Gasteiger partial charge on any atom is -0.497 e. The summed E-state index contributed by atoms with van der Waals surface area (Å²) >= 11 is 0. The van der Waals surface area contributed by atoms with E-state index in [2.05, 4.69) is 15.3 Å². The lowest BCUT2D eigenvalue weighted by atomic mass is 10.1. The van der Waals surface area contributed by atoms with Gasteiger partial charge in [0, 0.05) is 11.6 Å². The molecule has 0 aliphatic carbocycles. The van der Waals surface area contributed by atoms with Gasteiger partial charge in [0.05, 0.1) is 30.9 Å². The maximum absolute atomic E-state index is 12.6. The van der Waals surface area contributed by atoms with Gasteiger partial charge in [-0.15, -0.1) is 10.2 Å². The summed E-state index contributed by atoms with van der Waals surface area (Å²) in [6, 6.07) is 12.8. The Morgan fingerprint density at radius 2 is 1.89 bits per heavy atom. The van der Waals surface area contributed by atoms with Crippen molar-refractivity contribution in [3.8, 4) is 17.0 Å². The number of ether oxygens (including phenoxy) is 1. The number of nitrogens with one attached hydrogen (secondary N) is 1. The van der Waals surface area contributed by atoms with Crippen LogP contribution in [0.25, 0.3) is 11.3 Å². The molecule has 0 unspecified atom stereocenters. The first-order chi connectivity index (χ1) is 13.5. The van der Waals surface area contributed by atoms with Crippen LogP contribution in [0.1, 0.15) is 0 Å². The van der Waals surface area contributed by atoms with Crippen LogP contribution in [0.2, 0.25) is 0 Å². The third kappa shape index (κ3) is 3.81. The van der Waals surface area contributed by atoms with E-state index < -0.39 is 10.5 Å². The molecule has 3 aromatic rings. The molecule has 2 aromatic carbocycles. The summed E-state index contributed by atoms with van der Waals surface area (Å²) in [5, 5.41) is 31.1. The number of aromatic nitrogens is 2. The summed E-state index contributed by atoms with van der Waals surface area (Å²) < 4.78 is 6.33. The lowest BCUT2D eigenvalue weighted by Gasteiger charge is -2.02. The fraction of sp³-hybridized carbons (Fsp3) is 0.167. The van der Waals surface area contributed by atoms with Crippen molar-refractivity contribution < 1.29 is 14.8 Å². The Kier molecular flexibility index (Phi) is 5.61. The molecule has 0 aliphatic heterocycles. The zero-order chi connectivity index (χ0) is 20.1. The molecule has 1 aromatic heterocycles. The predicted octanol–water partition coefficient (Wildman–Crippen LogP) is 3.17. The lowest BCUT2D eigenvalue weighted by Crippen LogP contribution is -2.18. The van der Waals surface area contributed by atoms with Crippen LogP contribution >= 0.6 is 0 Å². The van der Waals surface area contributed by atoms with Crippen LogP contribution in [-0.4, -0.2) is 33.5 Å². The Labute approximate surface area is 158 Å². The summed E-state index contributed by atoms with van der Waals surface area (Å²) in [7, 11) is 1.54. The highest BCUT2D eigenvalue weighted by atomic mass is 16.6. The van der Waals surface area contributed by atoms with Gasteiger partial charge in [0.25, 0.3) is 11.2 Å². The molecule has 1 heterocycles. The van der Waals surface area contributed by atoms with Gasteiger partial charge in [-0.05, 0) is 30.3 Å². The highest BCUT2D eigenvalue weighted by Crippen LogP contribution is 2.31. The molecule has 0 spiro atoms. The first-order valence-corrected chi connectivity index (χ1v) is 8.28. The van der Waals surface area contributed by atoms with Crippen LogP contribution < -0.4 is 10.3 Å². The molecule has 0 aliphatic rings. The van der Waals surface area contributed by atoms with E-state index in [1.165, 1.54) is 22.9 Å². The number of aromatic amines is 1. The normalized spacial score (nSPS) is 11.1. The van der Waals surface area contributed by atoms with Crippen molar-refractivity contribution in [1.82, 2.24) is 9.78 Å². The number of nitrogens with zero attached hydrogens (tertiary/aromatic N) is 4. The molecule has 144 valence electrons. The molecule has 10 heteroatoms. The zero-order valence-electron chi connectivity index (χ0n) is 14.9. The summed E-state index contributed by atoms with van der Waals surface area (Å²) in [6.45, 7) is -0.202. The number of azo groups is 1. The van der Waals surface area contributed by atoms with Crippen LogP contribution in [0.4, 0.5) is 17.1 Å². The van der Waals surface area contributed by atoms with Crippen molar-refractivity contribution >= 4 is 17.1 Å². The average molecular weight is 383 g/mol. The maximum atomic E-state index is 12.6. The number of H-pyrrole nitrogens is 1. The van der Waals surface area contributed by atoms with Gasteiger partial charge in [0.2, 0.25) is 0 Å². The molecule has 28 heavy (non-hydrogen) atoms. The number of para-hydroxylation sites is 1. The summed E-state index contributed by atoms with van der Waals surface area (Å²) in [5.41, 5.74) is 0.319. The second-order valence-corrected chi connectivity index (χ2v) is 5.69. The molecular weight excluding hydrogens is 366 g/mol. The van der Waals surface area contributed by atoms with E-state index in [1.54, 1.807) is 37.4 Å². The van der Waals surface area contributed by atoms with Crippen LogP contribution in [0.3, 0.4) is 0 Å². The van der Waals surface area contributed by atoms with Gasteiger partial charge in [0.1, 0.15) is 5.75 Å². The summed E-state index contributed by atoms with van der Waals surface area (Å²) in [5.74, 6) is 0.643. The topological polar surface area (TPSA) is 135 Å². The fourth-order valence-corrected chi connectivity index (χ4v) is 2.59. The molecule has 10 nitrogen and oxygen atoms in total. The summed E-state index contributed by atoms with van der Waals surface area (Å²) in [6.07, 6.45) is 0. The van der Waals surface area contributed by atoms with Gasteiger partial charge in [-0.1, -0.05) is 12.1 Å². The molecule has 0 saturated carbocycles. The molecular formula is C18H17N5O5. The second kappa shape index (κ2) is 8.27. The van der Waals surface area contributed by atoms with Crippen molar-refractivity contribution in [2.75, 3.05) is 13.7 Å². The van der Waals surface area contributed by atoms with E-state index in [0.717, 1.165) is 0 Å². The average Bonchev–Trinajstić information content (AvgIpc) is 3.02. The molecule has 2 N–H and O–H groups in total. The first kappa shape index (κ1) is 19.0. The molecule has 0 atom stereocenters. The van der Waals surface area contributed by atoms with E-state index in [0.29, 0.717) is 17.0 Å². The van der Waals surface area contributed by atoms with Crippen molar-refractivity contribution in [1.29, 1.82) is 0 Å². The fourth-order valence-electron chi connectivity index (χ4n) is 2.59. The predicted molar refractivity (Wildman–Crippen MR) is 101 cm³/mol. The van der Waals surface area contributed by atoms with Gasteiger partial charge in [-0.3, -0.25) is 20.0 Å². The number of aliphatic hydroxyl groups excluding tert-OH is 1. The Morgan fingerprint density at radius 3 is 2.54 bits per heavy atom. The van der Waals surface area contributed by atoms with Crippen LogP contribution in [0, 0.1) is 10.1 Å². The highest BCUT2D eigenvalue weighted by Gasteiger charge is 2.17. The van der Waals surface area contributed by atoms with E-state index >= 15 is 0 Å². The summed E-state index contributed by atoms with van der Waals surface area (Å²) in [4.78, 5) is 23.2. The maximum Gasteiger partial charge on any atom is 0.296 e. The minimum absolute atomic E-state index is 0.0169. The number of rotatable bonds is 7. The van der Waals surface area contributed by atoms with Gasteiger partial charge in [0.15, 0.2) is 11.4 Å². The number of hydrogen-bond acceptors (Lipinski definition) is 7. The third-order valence-corrected chi connectivity index (χ3v) is 3.97. The Hall–Kier alpha value is -3.79. The quantitative estimate of drug-likeness (QED) is 0.367. The number of aliphatic hydroxyl groups is 1. The highest BCUT2D eigenvalue weighted by molar-refractivity contribution is 5.72. The van der Waals surface area contributed by atoms with E-state index in [9.17, 15) is 14.9 Å². The molecule has 0 bridgehead atoms. The second-order valence-electron chi connectivity index (χ2n) is 5.69. The Bertz CT molecular complexity index is 1070. The minimum atomic E-state index is -0.570. The van der Waals surface area contributed by atoms with Gasteiger partial charge in [-0.2, -0.15) is 0 Å². The van der Waals surface area contributed by atoms with Crippen LogP contribution in [0.15, 0.2) is 63.6 Å². The van der Waals surface area contributed by atoms with Gasteiger partial charge < -0.3 is 9.84 Å². The van der Waals surface area contributed by atoms with E-state index in [-0.39, 0.29) is 30.2 Å². The Balaban J connectivity index is 2.09. The molecule has 0 radical (unpaired) electrons. The number of nitro benzene ring substituents is 1. The first-order valence-electron chi connectivity index (χ1n) is 8.28.